The Bertz CT molecular complexity index is 497. The van der Waals surface area contributed by atoms with Crippen LogP contribution in [0.5, 0.6) is 0 Å². The topological polar surface area (TPSA) is 29.4 Å². The van der Waals surface area contributed by atoms with Gasteiger partial charge < -0.3 is 0 Å². The maximum absolute atomic E-state index is 11.6. The van der Waals surface area contributed by atoms with Crippen LogP contribution < -0.4 is 0 Å². The first-order chi connectivity index (χ1) is 7.70. The lowest BCUT2D eigenvalue weighted by molar-refractivity contribution is -0.107. The maximum Gasteiger partial charge on any atom is 0.244 e. The maximum atomic E-state index is 11.6. The summed E-state index contributed by atoms with van der Waals surface area (Å²) < 4.78 is 1.77. The Balaban J connectivity index is 2.35. The van der Waals surface area contributed by atoms with Crippen molar-refractivity contribution in [1.82, 2.24) is 0 Å². The minimum absolute atomic E-state index is 0.0140. The van der Waals surface area contributed by atoms with Gasteiger partial charge in [-0.2, -0.15) is 0 Å². The van der Waals surface area contributed by atoms with E-state index >= 15 is 0 Å². The molecule has 0 saturated carbocycles. The van der Waals surface area contributed by atoms with Crippen LogP contribution in [0.3, 0.4) is 0 Å². The third kappa shape index (κ3) is 2.59. The molecule has 0 unspecified atom stereocenters. The standard InChI is InChI=1S/C11H8BrNOS2/c1-15-11-13-9(10(14)16-11)6-7-4-2-3-5-8(7)12/h2-6H,1H3/b9-6-. The summed E-state index contributed by atoms with van der Waals surface area (Å²) in [5, 5.41) is 0.0140. The molecule has 0 radical (unpaired) electrons. The summed E-state index contributed by atoms with van der Waals surface area (Å²) >= 11 is 6.12. The molecule has 0 amide bonds. The smallest absolute Gasteiger partial charge is 0.244 e. The lowest BCUT2D eigenvalue weighted by atomic mass is 10.2. The van der Waals surface area contributed by atoms with E-state index in [1.54, 1.807) is 0 Å². The lowest BCUT2D eigenvalue weighted by Crippen LogP contribution is -1.88. The Morgan fingerprint density at radius 3 is 2.81 bits per heavy atom. The van der Waals surface area contributed by atoms with Gasteiger partial charge in [-0.15, -0.1) is 11.8 Å². The molecule has 1 heterocycles. The van der Waals surface area contributed by atoms with Crippen LogP contribution in [-0.2, 0) is 4.79 Å². The molecule has 0 aliphatic carbocycles. The molecular formula is C11H8BrNOS2. The highest BCUT2D eigenvalue weighted by Gasteiger charge is 2.21. The Hall–Kier alpha value is -0.520. The number of aliphatic imine (C=N–C) groups is 1. The van der Waals surface area contributed by atoms with Gasteiger partial charge in [-0.1, -0.05) is 34.1 Å². The molecule has 2 nitrogen and oxygen atoms in total. The first-order valence-electron chi connectivity index (χ1n) is 4.52. The summed E-state index contributed by atoms with van der Waals surface area (Å²) in [6.45, 7) is 0. The quantitative estimate of drug-likeness (QED) is 0.739. The lowest BCUT2D eigenvalue weighted by Gasteiger charge is -1.97. The first-order valence-corrected chi connectivity index (χ1v) is 7.35. The van der Waals surface area contributed by atoms with Crippen LogP contribution in [0.25, 0.3) is 6.08 Å². The van der Waals surface area contributed by atoms with Gasteiger partial charge in [-0.3, -0.25) is 4.79 Å². The molecule has 0 N–H and O–H groups in total. The predicted molar refractivity (Wildman–Crippen MR) is 75.7 cm³/mol. The van der Waals surface area contributed by atoms with Crippen LogP contribution in [0.15, 0.2) is 39.4 Å². The largest absolute Gasteiger partial charge is 0.279 e. The second kappa shape index (κ2) is 5.21. The van der Waals surface area contributed by atoms with E-state index in [0.29, 0.717) is 5.70 Å². The molecule has 1 aliphatic heterocycles. The number of rotatable bonds is 1. The van der Waals surface area contributed by atoms with Crippen molar-refractivity contribution in [2.45, 2.75) is 0 Å². The highest BCUT2D eigenvalue weighted by atomic mass is 79.9. The Kier molecular flexibility index (Phi) is 3.89. The minimum atomic E-state index is 0.0140. The summed E-state index contributed by atoms with van der Waals surface area (Å²) in [4.78, 5) is 15.9. The van der Waals surface area contributed by atoms with E-state index in [0.717, 1.165) is 14.4 Å². The number of halogens is 1. The SMILES string of the molecule is CSC1=N/C(=C\c2ccccc2Br)C(=O)S1. The highest BCUT2D eigenvalue weighted by molar-refractivity contribution is 9.10. The second-order valence-corrected chi connectivity index (χ2v) is 5.89. The number of carbonyl (C=O) groups excluding carboxylic acids is 1. The van der Waals surface area contributed by atoms with E-state index in [1.165, 1.54) is 23.5 Å². The van der Waals surface area contributed by atoms with E-state index in [9.17, 15) is 4.79 Å². The van der Waals surface area contributed by atoms with Crippen LogP contribution in [-0.4, -0.2) is 15.7 Å². The minimum Gasteiger partial charge on any atom is -0.279 e. The Labute approximate surface area is 111 Å². The number of carbonyl (C=O) groups is 1. The highest BCUT2D eigenvalue weighted by Crippen LogP contribution is 2.30. The number of hydrogen-bond acceptors (Lipinski definition) is 4. The Morgan fingerprint density at radius 1 is 1.44 bits per heavy atom. The molecule has 5 heteroatoms. The van der Waals surface area contributed by atoms with Crippen molar-refractivity contribution in [3.8, 4) is 0 Å². The summed E-state index contributed by atoms with van der Waals surface area (Å²) in [5.74, 6) is 0. The van der Waals surface area contributed by atoms with Gasteiger partial charge >= 0.3 is 0 Å². The molecule has 0 spiro atoms. The molecular weight excluding hydrogens is 306 g/mol. The molecule has 0 saturated heterocycles. The molecule has 0 aromatic heterocycles. The van der Waals surface area contributed by atoms with Crippen LogP contribution >= 0.6 is 39.5 Å². The van der Waals surface area contributed by atoms with Crippen LogP contribution in [0.1, 0.15) is 5.56 Å². The van der Waals surface area contributed by atoms with E-state index in [2.05, 4.69) is 20.9 Å². The van der Waals surface area contributed by atoms with Crippen molar-refractivity contribution < 1.29 is 4.79 Å². The molecule has 82 valence electrons. The average Bonchev–Trinajstić information content (AvgIpc) is 2.63. The molecule has 1 aliphatic rings. The first kappa shape index (κ1) is 12.0. The van der Waals surface area contributed by atoms with Crippen molar-refractivity contribution in [3.63, 3.8) is 0 Å². The monoisotopic (exact) mass is 313 g/mol. The fraction of sp³-hybridized carbons (Fsp3) is 0.0909. The normalized spacial score (nSPS) is 18.0. The van der Waals surface area contributed by atoms with E-state index in [-0.39, 0.29) is 5.12 Å². The fourth-order valence-electron chi connectivity index (χ4n) is 1.22. The number of nitrogens with zero attached hydrogens (tertiary/aromatic N) is 1. The summed E-state index contributed by atoms with van der Waals surface area (Å²) in [5.41, 5.74) is 1.49. The van der Waals surface area contributed by atoms with Crippen molar-refractivity contribution in [3.05, 3.63) is 40.0 Å². The zero-order chi connectivity index (χ0) is 11.5. The third-order valence-corrected chi connectivity index (χ3v) is 4.55. The second-order valence-electron chi connectivity index (χ2n) is 3.02. The van der Waals surface area contributed by atoms with Crippen LogP contribution in [0.4, 0.5) is 0 Å². The van der Waals surface area contributed by atoms with E-state index in [4.69, 9.17) is 0 Å². The summed E-state index contributed by atoms with van der Waals surface area (Å²) in [7, 11) is 0. The fourth-order valence-corrected chi connectivity index (χ4v) is 2.88. The summed E-state index contributed by atoms with van der Waals surface area (Å²) in [6, 6.07) is 7.76. The van der Waals surface area contributed by atoms with Gasteiger partial charge in [0.15, 0.2) is 0 Å². The van der Waals surface area contributed by atoms with Gasteiger partial charge in [0.1, 0.15) is 10.1 Å². The zero-order valence-electron chi connectivity index (χ0n) is 8.44. The molecule has 1 aromatic carbocycles. The molecule has 2 rings (SSSR count). The molecule has 16 heavy (non-hydrogen) atoms. The van der Waals surface area contributed by atoms with Crippen molar-refractivity contribution in [2.24, 2.45) is 4.99 Å². The number of hydrogen-bond donors (Lipinski definition) is 0. The predicted octanol–water partition coefficient (Wildman–Crippen LogP) is 3.78. The summed E-state index contributed by atoms with van der Waals surface area (Å²) in [6.07, 6.45) is 3.73. The van der Waals surface area contributed by atoms with Gasteiger partial charge in [0, 0.05) is 4.47 Å². The van der Waals surface area contributed by atoms with E-state index < -0.39 is 0 Å². The van der Waals surface area contributed by atoms with Gasteiger partial charge in [0.2, 0.25) is 5.12 Å². The van der Waals surface area contributed by atoms with Crippen molar-refractivity contribution >= 4 is 55.0 Å². The third-order valence-electron chi connectivity index (χ3n) is 1.97. The van der Waals surface area contributed by atoms with Gasteiger partial charge in [-0.25, -0.2) is 4.99 Å². The zero-order valence-corrected chi connectivity index (χ0v) is 11.7. The van der Waals surface area contributed by atoms with Crippen LogP contribution in [0.2, 0.25) is 0 Å². The van der Waals surface area contributed by atoms with Crippen LogP contribution in [0, 0.1) is 0 Å². The van der Waals surface area contributed by atoms with Crippen molar-refractivity contribution in [2.75, 3.05) is 6.26 Å². The molecule has 0 fully saturated rings. The van der Waals surface area contributed by atoms with Gasteiger partial charge in [0.05, 0.1) is 0 Å². The van der Waals surface area contributed by atoms with Crippen molar-refractivity contribution in [1.29, 1.82) is 0 Å². The molecule has 1 aromatic rings. The molecule has 0 bridgehead atoms. The number of thioether (sulfide) groups is 2. The molecule has 0 atom stereocenters. The van der Waals surface area contributed by atoms with Gasteiger partial charge in [-0.05, 0) is 35.7 Å². The number of benzene rings is 1. The Morgan fingerprint density at radius 2 is 2.19 bits per heavy atom. The average molecular weight is 314 g/mol. The van der Waals surface area contributed by atoms with E-state index in [1.807, 2.05) is 36.6 Å². The van der Waals surface area contributed by atoms with Gasteiger partial charge in [0.25, 0.3) is 0 Å².